The maximum atomic E-state index is 12.0. The summed E-state index contributed by atoms with van der Waals surface area (Å²) in [6.07, 6.45) is 0.802. The number of fused-ring (bicyclic) bond motifs is 1. The van der Waals surface area contributed by atoms with Crippen molar-refractivity contribution in [3.8, 4) is 17.2 Å². The van der Waals surface area contributed by atoms with Crippen molar-refractivity contribution in [2.75, 3.05) is 31.7 Å². The molecular formula is C21H23NO6. The van der Waals surface area contributed by atoms with Gasteiger partial charge in [-0.3, -0.25) is 4.79 Å². The Hall–Kier alpha value is -3.22. The summed E-state index contributed by atoms with van der Waals surface area (Å²) in [4.78, 5) is 23.8. The molecule has 1 aliphatic rings. The van der Waals surface area contributed by atoms with Crippen molar-refractivity contribution >= 4 is 17.6 Å². The fourth-order valence-electron chi connectivity index (χ4n) is 2.57. The van der Waals surface area contributed by atoms with Crippen LogP contribution in [0, 0.1) is 13.8 Å². The fraction of sp³-hybridized carbons (Fsp3) is 0.333. The van der Waals surface area contributed by atoms with Crippen molar-refractivity contribution in [1.29, 1.82) is 0 Å². The number of benzene rings is 2. The van der Waals surface area contributed by atoms with Crippen LogP contribution >= 0.6 is 0 Å². The number of carbonyl (C=O) groups is 2. The van der Waals surface area contributed by atoms with Gasteiger partial charge in [-0.2, -0.15) is 0 Å². The van der Waals surface area contributed by atoms with E-state index in [2.05, 4.69) is 5.32 Å². The molecule has 0 saturated carbocycles. The maximum absolute atomic E-state index is 12.0. The first-order chi connectivity index (χ1) is 13.5. The second kappa shape index (κ2) is 9.12. The molecule has 148 valence electrons. The third kappa shape index (κ3) is 5.39. The van der Waals surface area contributed by atoms with Gasteiger partial charge in [-0.05, 0) is 49.2 Å². The smallest absolute Gasteiger partial charge is 0.344 e. The first-order valence-electron chi connectivity index (χ1n) is 9.06. The van der Waals surface area contributed by atoms with Gasteiger partial charge in [-0.1, -0.05) is 6.07 Å². The van der Waals surface area contributed by atoms with Crippen molar-refractivity contribution < 1.29 is 28.5 Å². The Bertz CT molecular complexity index is 864. The highest BCUT2D eigenvalue weighted by atomic mass is 16.6. The van der Waals surface area contributed by atoms with Gasteiger partial charge in [0.25, 0.3) is 5.91 Å². The molecule has 0 saturated heterocycles. The molecule has 0 radical (unpaired) electrons. The van der Waals surface area contributed by atoms with Gasteiger partial charge in [-0.15, -0.1) is 0 Å². The molecule has 0 bridgehead atoms. The number of carbonyl (C=O) groups excluding carboxylic acids is 2. The van der Waals surface area contributed by atoms with Gasteiger partial charge in [-0.25, -0.2) is 4.79 Å². The van der Waals surface area contributed by atoms with Crippen LogP contribution in [0.25, 0.3) is 0 Å². The molecule has 1 aliphatic heterocycles. The summed E-state index contributed by atoms with van der Waals surface area (Å²) in [5.74, 6) is 0.734. The van der Waals surface area contributed by atoms with Crippen molar-refractivity contribution in [1.82, 2.24) is 0 Å². The number of esters is 1. The molecule has 0 aliphatic carbocycles. The van der Waals surface area contributed by atoms with Gasteiger partial charge < -0.3 is 24.3 Å². The highest BCUT2D eigenvalue weighted by Crippen LogP contribution is 2.32. The number of ether oxygens (including phenoxy) is 4. The number of hydrogen-bond donors (Lipinski definition) is 1. The van der Waals surface area contributed by atoms with Gasteiger partial charge in [0.15, 0.2) is 24.7 Å². The molecule has 0 atom stereocenters. The Morgan fingerprint density at radius 2 is 1.75 bits per heavy atom. The number of aryl methyl sites for hydroxylation is 2. The van der Waals surface area contributed by atoms with Crippen LogP contribution in [-0.2, 0) is 14.3 Å². The lowest BCUT2D eigenvalue weighted by atomic mass is 10.1. The van der Waals surface area contributed by atoms with Crippen LogP contribution in [0.15, 0.2) is 36.4 Å². The Kier molecular flexibility index (Phi) is 6.37. The van der Waals surface area contributed by atoms with E-state index in [4.69, 9.17) is 18.9 Å². The number of anilines is 1. The molecular weight excluding hydrogens is 362 g/mol. The van der Waals surface area contributed by atoms with Crippen LogP contribution in [0.3, 0.4) is 0 Å². The minimum absolute atomic E-state index is 0.264. The monoisotopic (exact) mass is 385 g/mol. The fourth-order valence-corrected chi connectivity index (χ4v) is 2.57. The Morgan fingerprint density at radius 3 is 2.54 bits per heavy atom. The number of nitrogens with one attached hydrogen (secondary N) is 1. The van der Waals surface area contributed by atoms with Gasteiger partial charge in [0, 0.05) is 18.2 Å². The second-order valence-electron chi connectivity index (χ2n) is 6.46. The van der Waals surface area contributed by atoms with Gasteiger partial charge in [0.1, 0.15) is 5.75 Å². The first-order valence-corrected chi connectivity index (χ1v) is 9.06. The van der Waals surface area contributed by atoms with Crippen LogP contribution in [0.4, 0.5) is 5.69 Å². The molecule has 2 aromatic rings. The minimum atomic E-state index is -0.618. The predicted molar refractivity (Wildman–Crippen MR) is 103 cm³/mol. The third-order valence-corrected chi connectivity index (χ3v) is 4.23. The van der Waals surface area contributed by atoms with E-state index in [1.807, 2.05) is 26.0 Å². The Labute approximate surface area is 163 Å². The van der Waals surface area contributed by atoms with E-state index < -0.39 is 18.5 Å². The van der Waals surface area contributed by atoms with Crippen molar-refractivity contribution in [3.05, 3.63) is 47.5 Å². The van der Waals surface area contributed by atoms with Crippen LogP contribution in [0.2, 0.25) is 0 Å². The maximum Gasteiger partial charge on any atom is 0.344 e. The van der Waals surface area contributed by atoms with Crippen LogP contribution in [0.5, 0.6) is 17.2 Å². The number of amides is 1. The van der Waals surface area contributed by atoms with E-state index in [0.29, 0.717) is 36.1 Å². The summed E-state index contributed by atoms with van der Waals surface area (Å²) < 4.78 is 21.5. The molecule has 0 aromatic heterocycles. The SMILES string of the molecule is Cc1ccc(OCC(=O)OCC(=O)Nc2ccc3c(c2)OCCCO3)cc1C. The van der Waals surface area contributed by atoms with E-state index in [1.165, 1.54) is 0 Å². The van der Waals surface area contributed by atoms with Gasteiger partial charge in [0.2, 0.25) is 0 Å². The molecule has 2 aromatic carbocycles. The normalized spacial score (nSPS) is 12.6. The molecule has 7 nitrogen and oxygen atoms in total. The summed E-state index contributed by atoms with van der Waals surface area (Å²) >= 11 is 0. The molecule has 1 amide bonds. The predicted octanol–water partition coefficient (Wildman–Crippen LogP) is 3.03. The summed E-state index contributed by atoms with van der Waals surface area (Å²) in [5.41, 5.74) is 2.75. The van der Waals surface area contributed by atoms with E-state index in [1.54, 1.807) is 24.3 Å². The van der Waals surface area contributed by atoms with E-state index >= 15 is 0 Å². The van der Waals surface area contributed by atoms with Crippen LogP contribution in [-0.4, -0.2) is 38.3 Å². The molecule has 0 unspecified atom stereocenters. The lowest BCUT2D eigenvalue weighted by molar-refractivity contribution is -0.149. The second-order valence-corrected chi connectivity index (χ2v) is 6.46. The molecule has 0 fully saturated rings. The average Bonchev–Trinajstić information content (AvgIpc) is 2.92. The summed E-state index contributed by atoms with van der Waals surface area (Å²) in [5, 5.41) is 2.66. The molecule has 3 rings (SSSR count). The Balaban J connectivity index is 1.44. The topological polar surface area (TPSA) is 83.1 Å². The zero-order valence-electron chi connectivity index (χ0n) is 15.9. The standard InChI is InChI=1S/C21H23NO6/c1-14-4-6-17(10-15(14)2)27-13-21(24)28-12-20(23)22-16-5-7-18-19(11-16)26-9-3-8-25-18/h4-7,10-11H,3,8-9,12-13H2,1-2H3,(H,22,23). The first kappa shape index (κ1) is 19.5. The highest BCUT2D eigenvalue weighted by molar-refractivity contribution is 5.93. The Morgan fingerprint density at radius 1 is 0.964 bits per heavy atom. The van der Waals surface area contributed by atoms with Crippen LogP contribution < -0.4 is 19.5 Å². The molecule has 0 spiro atoms. The summed E-state index contributed by atoms with van der Waals surface area (Å²) in [6, 6.07) is 10.7. The van der Waals surface area contributed by atoms with E-state index in [-0.39, 0.29) is 6.61 Å². The van der Waals surface area contributed by atoms with Crippen molar-refractivity contribution in [2.24, 2.45) is 0 Å². The summed E-state index contributed by atoms with van der Waals surface area (Å²) in [7, 11) is 0. The largest absolute Gasteiger partial charge is 0.490 e. The molecule has 1 N–H and O–H groups in total. The molecule has 28 heavy (non-hydrogen) atoms. The lowest BCUT2D eigenvalue weighted by Crippen LogP contribution is -2.23. The minimum Gasteiger partial charge on any atom is -0.490 e. The zero-order valence-corrected chi connectivity index (χ0v) is 15.9. The van der Waals surface area contributed by atoms with E-state index in [0.717, 1.165) is 17.5 Å². The summed E-state index contributed by atoms with van der Waals surface area (Å²) in [6.45, 7) is 4.45. The lowest BCUT2D eigenvalue weighted by Gasteiger charge is -2.11. The molecule has 7 heteroatoms. The molecule has 1 heterocycles. The van der Waals surface area contributed by atoms with Crippen molar-refractivity contribution in [3.63, 3.8) is 0 Å². The highest BCUT2D eigenvalue weighted by Gasteiger charge is 2.13. The van der Waals surface area contributed by atoms with Crippen LogP contribution in [0.1, 0.15) is 17.5 Å². The van der Waals surface area contributed by atoms with Gasteiger partial charge in [0.05, 0.1) is 13.2 Å². The van der Waals surface area contributed by atoms with Gasteiger partial charge >= 0.3 is 5.97 Å². The third-order valence-electron chi connectivity index (χ3n) is 4.23. The van der Waals surface area contributed by atoms with E-state index in [9.17, 15) is 9.59 Å². The average molecular weight is 385 g/mol. The van der Waals surface area contributed by atoms with Crippen molar-refractivity contribution in [2.45, 2.75) is 20.3 Å². The number of hydrogen-bond acceptors (Lipinski definition) is 6. The number of rotatable bonds is 6. The quantitative estimate of drug-likeness (QED) is 0.770. The zero-order chi connectivity index (χ0) is 19.9.